The van der Waals surface area contributed by atoms with Crippen molar-refractivity contribution in [3.8, 4) is 0 Å². The second-order valence-electron chi connectivity index (χ2n) is 4.08. The second kappa shape index (κ2) is 6.01. The second-order valence-corrected chi connectivity index (χ2v) is 4.08. The van der Waals surface area contributed by atoms with Crippen molar-refractivity contribution in [3.63, 3.8) is 0 Å². The first kappa shape index (κ1) is 12.4. The number of hydrogen-bond donors (Lipinski definition) is 0. The molecule has 0 saturated carbocycles. The molecule has 0 saturated heterocycles. The molecule has 0 bridgehead atoms. The van der Waals surface area contributed by atoms with Gasteiger partial charge >= 0.3 is 5.97 Å². The van der Waals surface area contributed by atoms with Crippen LogP contribution in [-0.4, -0.2) is 5.97 Å². The minimum Gasteiger partial charge on any atom is -0.454 e. The third-order valence-corrected chi connectivity index (χ3v) is 2.80. The lowest BCUT2D eigenvalue weighted by molar-refractivity contribution is 0.0288. The van der Waals surface area contributed by atoms with Gasteiger partial charge in [0, 0.05) is 0 Å². The Morgan fingerprint density at radius 2 is 1.56 bits per heavy atom. The number of carbonyl (C=O) groups is 1. The van der Waals surface area contributed by atoms with Crippen LogP contribution in [0.1, 0.15) is 35.4 Å². The van der Waals surface area contributed by atoms with Crippen molar-refractivity contribution in [1.29, 1.82) is 0 Å². The zero-order valence-corrected chi connectivity index (χ0v) is 10.4. The Balaban J connectivity index is 2.10. The van der Waals surface area contributed by atoms with Crippen LogP contribution in [0, 0.1) is 0 Å². The van der Waals surface area contributed by atoms with Gasteiger partial charge in [-0.1, -0.05) is 55.5 Å². The largest absolute Gasteiger partial charge is 0.454 e. The molecule has 0 aliphatic heterocycles. The van der Waals surface area contributed by atoms with Crippen LogP contribution in [0.25, 0.3) is 0 Å². The number of esters is 1. The Hall–Kier alpha value is -2.09. The summed E-state index contributed by atoms with van der Waals surface area (Å²) in [5.41, 5.74) is 1.62. The lowest BCUT2D eigenvalue weighted by Crippen LogP contribution is -2.10. The fourth-order valence-corrected chi connectivity index (χ4v) is 1.83. The van der Waals surface area contributed by atoms with E-state index in [1.165, 1.54) is 0 Å². The predicted octanol–water partition coefficient (Wildman–Crippen LogP) is 3.99. The molecule has 2 aromatic rings. The number of ether oxygens (including phenoxy) is 1. The van der Waals surface area contributed by atoms with Gasteiger partial charge in [-0.05, 0) is 24.1 Å². The Morgan fingerprint density at radius 1 is 1.00 bits per heavy atom. The maximum Gasteiger partial charge on any atom is 0.338 e. The van der Waals surface area contributed by atoms with Crippen molar-refractivity contribution in [2.24, 2.45) is 0 Å². The van der Waals surface area contributed by atoms with Crippen LogP contribution >= 0.6 is 0 Å². The summed E-state index contributed by atoms with van der Waals surface area (Å²) in [5, 5.41) is 0. The van der Waals surface area contributed by atoms with E-state index < -0.39 is 0 Å². The third-order valence-electron chi connectivity index (χ3n) is 2.80. The monoisotopic (exact) mass is 240 g/mol. The van der Waals surface area contributed by atoms with Crippen LogP contribution in [0.3, 0.4) is 0 Å². The Morgan fingerprint density at radius 3 is 2.11 bits per heavy atom. The molecule has 2 aromatic carbocycles. The molecular formula is C16H16O2. The Labute approximate surface area is 107 Å². The van der Waals surface area contributed by atoms with E-state index in [9.17, 15) is 4.79 Å². The smallest absolute Gasteiger partial charge is 0.338 e. The van der Waals surface area contributed by atoms with E-state index in [0.29, 0.717) is 5.56 Å². The maximum absolute atomic E-state index is 12.0. The minimum absolute atomic E-state index is 0.182. The van der Waals surface area contributed by atoms with Crippen molar-refractivity contribution in [3.05, 3.63) is 71.8 Å². The number of hydrogen-bond acceptors (Lipinski definition) is 2. The molecule has 0 radical (unpaired) electrons. The number of benzene rings is 2. The lowest BCUT2D eigenvalue weighted by atomic mass is 10.1. The topological polar surface area (TPSA) is 26.3 Å². The first-order valence-electron chi connectivity index (χ1n) is 6.12. The Kier molecular flexibility index (Phi) is 4.13. The molecule has 0 heterocycles. The zero-order chi connectivity index (χ0) is 12.8. The highest BCUT2D eigenvalue weighted by Crippen LogP contribution is 2.22. The fraction of sp³-hybridized carbons (Fsp3) is 0.188. The standard InChI is InChI=1S/C16H16O2/c1-2-15(13-9-5-3-6-10-13)18-16(17)14-11-7-4-8-12-14/h3-12,15H,2H2,1H3. The first-order chi connectivity index (χ1) is 8.81. The molecule has 18 heavy (non-hydrogen) atoms. The van der Waals surface area contributed by atoms with Crippen molar-refractivity contribution < 1.29 is 9.53 Å². The number of carbonyl (C=O) groups excluding carboxylic acids is 1. The highest BCUT2D eigenvalue weighted by molar-refractivity contribution is 5.89. The van der Waals surface area contributed by atoms with Gasteiger partial charge in [0.2, 0.25) is 0 Å². The lowest BCUT2D eigenvalue weighted by Gasteiger charge is -2.16. The van der Waals surface area contributed by atoms with E-state index >= 15 is 0 Å². The van der Waals surface area contributed by atoms with Gasteiger partial charge in [0.25, 0.3) is 0 Å². The zero-order valence-electron chi connectivity index (χ0n) is 10.4. The molecular weight excluding hydrogens is 224 g/mol. The van der Waals surface area contributed by atoms with Crippen molar-refractivity contribution in [2.75, 3.05) is 0 Å². The summed E-state index contributed by atoms with van der Waals surface area (Å²) < 4.78 is 5.53. The fourth-order valence-electron chi connectivity index (χ4n) is 1.83. The molecule has 1 unspecified atom stereocenters. The van der Waals surface area contributed by atoms with Crippen LogP contribution < -0.4 is 0 Å². The van der Waals surface area contributed by atoms with E-state index in [1.807, 2.05) is 55.5 Å². The molecule has 0 spiro atoms. The average Bonchev–Trinajstić information content (AvgIpc) is 2.46. The summed E-state index contributed by atoms with van der Waals surface area (Å²) in [5.74, 6) is -0.272. The maximum atomic E-state index is 12.0. The minimum atomic E-state index is -0.272. The molecule has 0 aromatic heterocycles. The van der Waals surface area contributed by atoms with E-state index in [1.54, 1.807) is 12.1 Å². The van der Waals surface area contributed by atoms with Gasteiger partial charge in [0.05, 0.1) is 5.56 Å². The summed E-state index contributed by atoms with van der Waals surface area (Å²) in [4.78, 5) is 12.0. The molecule has 1 atom stereocenters. The predicted molar refractivity (Wildman–Crippen MR) is 71.3 cm³/mol. The molecule has 92 valence electrons. The van der Waals surface area contributed by atoms with Gasteiger partial charge in [0.15, 0.2) is 0 Å². The molecule has 0 fully saturated rings. The van der Waals surface area contributed by atoms with Gasteiger partial charge in [-0.25, -0.2) is 4.79 Å². The van der Waals surface area contributed by atoms with Crippen molar-refractivity contribution in [2.45, 2.75) is 19.4 Å². The molecule has 0 aliphatic rings. The SMILES string of the molecule is CCC(OC(=O)c1ccccc1)c1ccccc1. The van der Waals surface area contributed by atoms with Crippen LogP contribution in [0.15, 0.2) is 60.7 Å². The summed E-state index contributed by atoms with van der Waals surface area (Å²) in [6.45, 7) is 2.01. The quantitative estimate of drug-likeness (QED) is 0.755. The summed E-state index contributed by atoms with van der Waals surface area (Å²) in [7, 11) is 0. The third kappa shape index (κ3) is 2.98. The molecule has 0 N–H and O–H groups in total. The van der Waals surface area contributed by atoms with Gasteiger partial charge < -0.3 is 4.74 Å². The molecule has 2 nitrogen and oxygen atoms in total. The molecule has 2 rings (SSSR count). The summed E-state index contributed by atoms with van der Waals surface area (Å²) in [6, 6.07) is 18.9. The van der Waals surface area contributed by atoms with Crippen LogP contribution in [0.5, 0.6) is 0 Å². The first-order valence-corrected chi connectivity index (χ1v) is 6.12. The molecule has 0 amide bonds. The number of rotatable bonds is 4. The van der Waals surface area contributed by atoms with Gasteiger partial charge in [0.1, 0.15) is 6.10 Å². The van der Waals surface area contributed by atoms with Crippen LogP contribution in [0.4, 0.5) is 0 Å². The van der Waals surface area contributed by atoms with Crippen molar-refractivity contribution in [1.82, 2.24) is 0 Å². The molecule has 0 aliphatic carbocycles. The van der Waals surface area contributed by atoms with E-state index in [4.69, 9.17) is 4.74 Å². The van der Waals surface area contributed by atoms with Crippen LogP contribution in [0.2, 0.25) is 0 Å². The van der Waals surface area contributed by atoms with E-state index in [2.05, 4.69) is 0 Å². The van der Waals surface area contributed by atoms with E-state index in [0.717, 1.165) is 12.0 Å². The van der Waals surface area contributed by atoms with Gasteiger partial charge in [-0.15, -0.1) is 0 Å². The Bertz CT molecular complexity index is 491. The average molecular weight is 240 g/mol. The summed E-state index contributed by atoms with van der Waals surface area (Å²) in [6.07, 6.45) is 0.585. The van der Waals surface area contributed by atoms with Gasteiger partial charge in [-0.3, -0.25) is 0 Å². The van der Waals surface area contributed by atoms with Crippen LogP contribution in [-0.2, 0) is 4.74 Å². The normalized spacial score (nSPS) is 11.8. The van der Waals surface area contributed by atoms with E-state index in [-0.39, 0.29) is 12.1 Å². The van der Waals surface area contributed by atoms with Gasteiger partial charge in [-0.2, -0.15) is 0 Å². The highest BCUT2D eigenvalue weighted by atomic mass is 16.5. The highest BCUT2D eigenvalue weighted by Gasteiger charge is 2.15. The van der Waals surface area contributed by atoms with Crippen molar-refractivity contribution >= 4 is 5.97 Å². The summed E-state index contributed by atoms with van der Waals surface area (Å²) >= 11 is 0. The molecule has 2 heteroatoms.